The quantitative estimate of drug-likeness (QED) is 0.825. The predicted molar refractivity (Wildman–Crippen MR) is 74.2 cm³/mol. The normalized spacial score (nSPS) is 28.6. The van der Waals surface area contributed by atoms with Gasteiger partial charge in [0, 0.05) is 18.5 Å². The molecule has 3 nitrogen and oxygen atoms in total. The SMILES string of the molecule is CCOC(=O)C1CNCC12CCc1ccc(C)cc12. The van der Waals surface area contributed by atoms with E-state index in [4.69, 9.17) is 4.74 Å². The Morgan fingerprint density at radius 2 is 2.37 bits per heavy atom. The second-order valence-corrected chi connectivity index (χ2v) is 5.75. The molecule has 102 valence electrons. The van der Waals surface area contributed by atoms with E-state index >= 15 is 0 Å². The highest BCUT2D eigenvalue weighted by Crippen LogP contribution is 2.47. The average molecular weight is 259 g/mol. The van der Waals surface area contributed by atoms with Crippen LogP contribution in [0.5, 0.6) is 0 Å². The van der Waals surface area contributed by atoms with Crippen molar-refractivity contribution in [2.75, 3.05) is 19.7 Å². The Bertz CT molecular complexity index is 511. The summed E-state index contributed by atoms with van der Waals surface area (Å²) in [6.07, 6.45) is 2.13. The standard InChI is InChI=1S/C16H21NO2/c1-3-19-15(18)14-9-17-10-16(14)7-6-12-5-4-11(2)8-13(12)16/h4-5,8,14,17H,3,6-7,9-10H2,1-2H3. The lowest BCUT2D eigenvalue weighted by Crippen LogP contribution is -2.38. The number of benzene rings is 1. The summed E-state index contributed by atoms with van der Waals surface area (Å²) in [4.78, 5) is 12.2. The van der Waals surface area contributed by atoms with Gasteiger partial charge in [-0.2, -0.15) is 0 Å². The number of hydrogen-bond donors (Lipinski definition) is 1. The zero-order valence-electron chi connectivity index (χ0n) is 11.7. The van der Waals surface area contributed by atoms with E-state index in [1.807, 2.05) is 6.92 Å². The van der Waals surface area contributed by atoms with Crippen molar-refractivity contribution in [1.29, 1.82) is 0 Å². The molecular weight excluding hydrogens is 238 g/mol. The number of ether oxygens (including phenoxy) is 1. The van der Waals surface area contributed by atoms with E-state index in [-0.39, 0.29) is 17.3 Å². The van der Waals surface area contributed by atoms with E-state index in [9.17, 15) is 4.79 Å². The molecule has 3 heteroatoms. The second-order valence-electron chi connectivity index (χ2n) is 5.75. The third kappa shape index (κ3) is 1.88. The molecule has 1 aromatic carbocycles. The molecule has 3 rings (SSSR count). The van der Waals surface area contributed by atoms with Gasteiger partial charge in [0.05, 0.1) is 12.5 Å². The summed E-state index contributed by atoms with van der Waals surface area (Å²) in [6, 6.07) is 6.65. The number of aryl methyl sites for hydroxylation is 2. The summed E-state index contributed by atoms with van der Waals surface area (Å²) >= 11 is 0. The summed E-state index contributed by atoms with van der Waals surface area (Å²) in [6.45, 7) is 6.10. The number of fused-ring (bicyclic) bond motifs is 2. The first-order valence-corrected chi connectivity index (χ1v) is 7.15. The summed E-state index contributed by atoms with van der Waals surface area (Å²) < 4.78 is 5.28. The molecule has 0 aromatic heterocycles. The fraction of sp³-hybridized carbons (Fsp3) is 0.562. The first-order valence-electron chi connectivity index (χ1n) is 7.15. The van der Waals surface area contributed by atoms with Gasteiger partial charge in [0.2, 0.25) is 0 Å². The average Bonchev–Trinajstić information content (AvgIpc) is 2.97. The van der Waals surface area contributed by atoms with E-state index in [2.05, 4.69) is 30.4 Å². The van der Waals surface area contributed by atoms with Crippen LogP contribution < -0.4 is 5.32 Å². The molecule has 1 N–H and O–H groups in total. The number of nitrogens with one attached hydrogen (secondary N) is 1. The molecule has 1 aromatic rings. The fourth-order valence-electron chi connectivity index (χ4n) is 3.72. The molecule has 1 heterocycles. The number of esters is 1. The van der Waals surface area contributed by atoms with Crippen LogP contribution in [-0.2, 0) is 21.4 Å². The number of carbonyl (C=O) groups is 1. The molecule has 0 radical (unpaired) electrons. The van der Waals surface area contributed by atoms with Gasteiger partial charge in [0.15, 0.2) is 0 Å². The van der Waals surface area contributed by atoms with E-state index in [1.54, 1.807) is 0 Å². The number of rotatable bonds is 2. The van der Waals surface area contributed by atoms with Crippen LogP contribution in [-0.4, -0.2) is 25.7 Å². The smallest absolute Gasteiger partial charge is 0.311 e. The molecule has 1 spiro atoms. The van der Waals surface area contributed by atoms with E-state index in [0.717, 1.165) is 25.9 Å². The maximum atomic E-state index is 12.2. The summed E-state index contributed by atoms with van der Waals surface area (Å²) in [7, 11) is 0. The third-order valence-electron chi connectivity index (χ3n) is 4.67. The van der Waals surface area contributed by atoms with Crippen molar-refractivity contribution in [3.8, 4) is 0 Å². The topological polar surface area (TPSA) is 38.3 Å². The minimum atomic E-state index is -0.0399. The van der Waals surface area contributed by atoms with Crippen molar-refractivity contribution in [3.05, 3.63) is 34.9 Å². The third-order valence-corrected chi connectivity index (χ3v) is 4.67. The lowest BCUT2D eigenvalue weighted by Gasteiger charge is -2.30. The Morgan fingerprint density at radius 1 is 1.53 bits per heavy atom. The van der Waals surface area contributed by atoms with Crippen molar-refractivity contribution in [3.63, 3.8) is 0 Å². The first kappa shape index (κ1) is 12.7. The molecule has 0 amide bonds. The van der Waals surface area contributed by atoms with E-state index in [0.29, 0.717) is 6.61 Å². The van der Waals surface area contributed by atoms with Gasteiger partial charge in [-0.3, -0.25) is 4.79 Å². The summed E-state index contributed by atoms with van der Waals surface area (Å²) in [5, 5.41) is 3.40. The molecule has 19 heavy (non-hydrogen) atoms. The Hall–Kier alpha value is -1.35. The molecule has 2 aliphatic rings. The van der Waals surface area contributed by atoms with Crippen molar-refractivity contribution >= 4 is 5.97 Å². The Kier molecular flexibility index (Phi) is 3.09. The number of hydrogen-bond acceptors (Lipinski definition) is 3. The number of carbonyl (C=O) groups excluding carboxylic acids is 1. The zero-order valence-corrected chi connectivity index (χ0v) is 11.7. The van der Waals surface area contributed by atoms with Crippen LogP contribution in [0.15, 0.2) is 18.2 Å². The largest absolute Gasteiger partial charge is 0.466 e. The van der Waals surface area contributed by atoms with Crippen LogP contribution in [0.1, 0.15) is 30.0 Å². The molecule has 2 atom stereocenters. The van der Waals surface area contributed by atoms with Crippen LogP contribution in [0.25, 0.3) is 0 Å². The molecule has 1 aliphatic heterocycles. The van der Waals surface area contributed by atoms with Crippen molar-refractivity contribution in [2.45, 2.75) is 32.1 Å². The molecule has 2 unspecified atom stereocenters. The maximum absolute atomic E-state index is 12.2. The van der Waals surface area contributed by atoms with Crippen LogP contribution in [0.4, 0.5) is 0 Å². The van der Waals surface area contributed by atoms with Gasteiger partial charge in [-0.1, -0.05) is 23.8 Å². The van der Waals surface area contributed by atoms with Crippen LogP contribution in [0.3, 0.4) is 0 Å². The first-order chi connectivity index (χ1) is 9.17. The highest BCUT2D eigenvalue weighted by atomic mass is 16.5. The van der Waals surface area contributed by atoms with Crippen molar-refractivity contribution < 1.29 is 9.53 Å². The maximum Gasteiger partial charge on any atom is 0.311 e. The lowest BCUT2D eigenvalue weighted by atomic mass is 9.73. The van der Waals surface area contributed by atoms with Gasteiger partial charge >= 0.3 is 5.97 Å². The Morgan fingerprint density at radius 3 is 3.16 bits per heavy atom. The van der Waals surface area contributed by atoms with Crippen molar-refractivity contribution in [1.82, 2.24) is 5.32 Å². The van der Waals surface area contributed by atoms with Gasteiger partial charge in [-0.05, 0) is 37.8 Å². The fourth-order valence-corrected chi connectivity index (χ4v) is 3.72. The lowest BCUT2D eigenvalue weighted by molar-refractivity contribution is -0.149. The molecule has 1 saturated heterocycles. The minimum absolute atomic E-state index is 0.0319. The summed E-state index contributed by atoms with van der Waals surface area (Å²) in [5.74, 6) is -0.0719. The molecular formula is C16H21NO2. The van der Waals surface area contributed by atoms with Gasteiger partial charge in [-0.25, -0.2) is 0 Å². The van der Waals surface area contributed by atoms with Gasteiger partial charge in [0.1, 0.15) is 0 Å². The monoisotopic (exact) mass is 259 g/mol. The second kappa shape index (κ2) is 4.64. The molecule has 1 fully saturated rings. The highest BCUT2D eigenvalue weighted by Gasteiger charge is 2.51. The van der Waals surface area contributed by atoms with Gasteiger partial charge in [-0.15, -0.1) is 0 Å². The van der Waals surface area contributed by atoms with E-state index in [1.165, 1.54) is 16.7 Å². The highest BCUT2D eigenvalue weighted by molar-refractivity contribution is 5.76. The van der Waals surface area contributed by atoms with Gasteiger partial charge in [0.25, 0.3) is 0 Å². The van der Waals surface area contributed by atoms with Gasteiger partial charge < -0.3 is 10.1 Å². The van der Waals surface area contributed by atoms with Crippen molar-refractivity contribution in [2.24, 2.45) is 5.92 Å². The minimum Gasteiger partial charge on any atom is -0.466 e. The molecule has 0 saturated carbocycles. The Balaban J connectivity index is 2.00. The predicted octanol–water partition coefficient (Wildman–Crippen LogP) is 1.96. The zero-order chi connectivity index (χ0) is 13.5. The molecule has 0 bridgehead atoms. The van der Waals surface area contributed by atoms with E-state index < -0.39 is 0 Å². The molecule has 1 aliphatic carbocycles. The van der Waals surface area contributed by atoms with Crippen LogP contribution >= 0.6 is 0 Å². The summed E-state index contributed by atoms with van der Waals surface area (Å²) in [5.41, 5.74) is 4.02. The van der Waals surface area contributed by atoms with Crippen LogP contribution in [0.2, 0.25) is 0 Å². The Labute approximate surface area is 114 Å². The van der Waals surface area contributed by atoms with Crippen LogP contribution in [0, 0.1) is 12.8 Å².